The Labute approximate surface area is 92.6 Å². The average Bonchev–Trinajstić information content (AvgIpc) is 2.00. The van der Waals surface area contributed by atoms with Crippen LogP contribution in [-0.4, -0.2) is 11.2 Å². The average molecular weight is 237 g/mol. The summed E-state index contributed by atoms with van der Waals surface area (Å²) in [4.78, 5) is 11.6. The van der Waals surface area contributed by atoms with Crippen molar-refractivity contribution in [1.82, 2.24) is 0 Å². The van der Waals surface area contributed by atoms with Crippen LogP contribution in [-0.2, 0) is 18.5 Å². The van der Waals surface area contributed by atoms with Crippen LogP contribution in [0.3, 0.4) is 0 Å². The summed E-state index contributed by atoms with van der Waals surface area (Å²) in [6.07, 6.45) is 1.21. The van der Waals surface area contributed by atoms with Gasteiger partial charge in [-0.05, 0) is 40.5 Å². The lowest BCUT2D eigenvalue weighted by molar-refractivity contribution is -0.00878. The monoisotopic (exact) mass is 237 g/mol. The van der Waals surface area contributed by atoms with Gasteiger partial charge < -0.3 is 0 Å². The van der Waals surface area contributed by atoms with Gasteiger partial charge in [-0.15, -0.1) is 4.89 Å². The highest BCUT2D eigenvalue weighted by Gasteiger charge is 2.37. The van der Waals surface area contributed by atoms with Crippen molar-refractivity contribution in [3.63, 3.8) is 0 Å². The van der Waals surface area contributed by atoms with Crippen molar-refractivity contribution < 1.29 is 18.5 Å². The third kappa shape index (κ3) is 6.31. The lowest BCUT2D eigenvalue weighted by Crippen LogP contribution is -2.26. The molecule has 0 amide bonds. The fourth-order valence-electron chi connectivity index (χ4n) is 0.753. The molecule has 0 saturated heterocycles. The Morgan fingerprint density at radius 3 is 1.40 bits per heavy atom. The number of hydrogen-bond acceptors (Lipinski definition) is 3. The zero-order valence-electron chi connectivity index (χ0n) is 10.5. The highest BCUT2D eigenvalue weighted by Crippen LogP contribution is 2.52. The van der Waals surface area contributed by atoms with Crippen molar-refractivity contribution in [2.75, 3.05) is 0 Å². The van der Waals surface area contributed by atoms with Crippen LogP contribution in [0.4, 0.5) is 0 Å². The van der Waals surface area contributed by atoms with Gasteiger partial charge in [-0.2, -0.15) is 0 Å². The van der Waals surface area contributed by atoms with Crippen LogP contribution >= 0.6 is 7.82 Å². The molecule has 0 fully saturated rings. The molecule has 4 nitrogen and oxygen atoms in total. The van der Waals surface area contributed by atoms with Gasteiger partial charge in [-0.1, -0.05) is 13.8 Å². The van der Waals surface area contributed by atoms with Crippen LogP contribution in [0.1, 0.15) is 54.4 Å². The van der Waals surface area contributed by atoms with Crippen LogP contribution < -0.4 is 0 Å². The predicted molar refractivity (Wildman–Crippen MR) is 59.2 cm³/mol. The van der Waals surface area contributed by atoms with Crippen molar-refractivity contribution in [1.29, 1.82) is 0 Å². The van der Waals surface area contributed by atoms with Crippen molar-refractivity contribution in [2.24, 2.45) is 0 Å². The summed E-state index contributed by atoms with van der Waals surface area (Å²) in [5.41, 5.74) is -1.41. The first-order chi connectivity index (χ1) is 6.54. The lowest BCUT2D eigenvalue weighted by Gasteiger charge is -2.30. The third-order valence-corrected chi connectivity index (χ3v) is 3.86. The quantitative estimate of drug-likeness (QED) is 0.657. The van der Waals surface area contributed by atoms with Gasteiger partial charge in [0, 0.05) is 0 Å². The van der Waals surface area contributed by atoms with Gasteiger partial charge in [-0.3, -0.25) is 9.05 Å². The molecule has 1 radical (unpaired) electrons. The maximum Gasteiger partial charge on any atom is 0.503 e. The van der Waals surface area contributed by atoms with Gasteiger partial charge in [-0.25, -0.2) is 4.57 Å². The lowest BCUT2D eigenvalue weighted by atomic mass is 10.1. The normalized spacial score (nSPS) is 14.3. The minimum absolute atomic E-state index is 0.606. The van der Waals surface area contributed by atoms with E-state index in [1.165, 1.54) is 0 Å². The Kier molecular flexibility index (Phi) is 5.00. The highest BCUT2D eigenvalue weighted by molar-refractivity contribution is 7.47. The second kappa shape index (κ2) is 4.96. The molecule has 0 aliphatic heterocycles. The van der Waals surface area contributed by atoms with Crippen LogP contribution in [0.25, 0.3) is 0 Å². The molecule has 15 heavy (non-hydrogen) atoms. The minimum Gasteiger partial charge on any atom is -0.279 e. The van der Waals surface area contributed by atoms with Gasteiger partial charge in [0.15, 0.2) is 0 Å². The Morgan fingerprint density at radius 2 is 1.20 bits per heavy atom. The van der Waals surface area contributed by atoms with Gasteiger partial charge in [0.1, 0.15) is 0 Å². The van der Waals surface area contributed by atoms with Crippen LogP contribution in [0.5, 0.6) is 0 Å². The Bertz CT molecular complexity index is 226. The first-order valence-corrected chi connectivity index (χ1v) is 6.72. The van der Waals surface area contributed by atoms with Gasteiger partial charge in [0.25, 0.3) is 0 Å². The van der Waals surface area contributed by atoms with E-state index in [0.29, 0.717) is 12.8 Å². The van der Waals surface area contributed by atoms with E-state index in [1.807, 2.05) is 13.8 Å². The molecular formula is C10H22O4P. The van der Waals surface area contributed by atoms with E-state index in [1.54, 1.807) is 27.7 Å². The fourth-order valence-corrected chi connectivity index (χ4v) is 2.26. The van der Waals surface area contributed by atoms with E-state index in [9.17, 15) is 9.46 Å². The van der Waals surface area contributed by atoms with Crippen molar-refractivity contribution >= 4 is 7.82 Å². The molecule has 0 aliphatic carbocycles. The molecule has 0 aromatic carbocycles. The number of rotatable bonds is 6. The van der Waals surface area contributed by atoms with E-state index in [-0.39, 0.29) is 0 Å². The Balaban J connectivity index is 4.51. The first kappa shape index (κ1) is 15.1. The molecule has 0 spiro atoms. The molecule has 0 aliphatic rings. The van der Waals surface area contributed by atoms with E-state index >= 15 is 0 Å². The summed E-state index contributed by atoms with van der Waals surface area (Å²) < 4.78 is 21.5. The summed E-state index contributed by atoms with van der Waals surface area (Å²) >= 11 is 0. The smallest absolute Gasteiger partial charge is 0.279 e. The minimum atomic E-state index is -4.22. The Morgan fingerprint density at radius 1 is 0.933 bits per heavy atom. The van der Waals surface area contributed by atoms with Gasteiger partial charge >= 0.3 is 7.82 Å². The largest absolute Gasteiger partial charge is 0.503 e. The molecule has 0 aromatic heterocycles. The third-order valence-electron chi connectivity index (χ3n) is 2.42. The molecule has 0 bridgehead atoms. The molecule has 0 N–H and O–H groups in total. The van der Waals surface area contributed by atoms with E-state index < -0.39 is 19.0 Å². The Hall–Kier alpha value is 0.110. The SMILES string of the molecule is CCC(C)(C)OP([O])(=O)OC(C)(C)CC. The van der Waals surface area contributed by atoms with Gasteiger partial charge in [0.2, 0.25) is 0 Å². The van der Waals surface area contributed by atoms with E-state index in [4.69, 9.17) is 9.05 Å². The van der Waals surface area contributed by atoms with Crippen molar-refractivity contribution in [3.8, 4) is 0 Å². The molecule has 5 heteroatoms. The maximum absolute atomic E-state index is 11.6. The van der Waals surface area contributed by atoms with Gasteiger partial charge in [0.05, 0.1) is 11.2 Å². The molecule has 0 saturated carbocycles. The second-order valence-corrected chi connectivity index (χ2v) is 6.12. The summed E-state index contributed by atoms with van der Waals surface area (Å²) in [7, 11) is -4.22. The first-order valence-electron chi connectivity index (χ1n) is 5.26. The topological polar surface area (TPSA) is 55.4 Å². The molecule has 91 valence electrons. The molecule has 0 rings (SSSR count). The zero-order chi connectivity index (χ0) is 12.3. The zero-order valence-corrected chi connectivity index (χ0v) is 11.4. The van der Waals surface area contributed by atoms with Crippen molar-refractivity contribution in [3.05, 3.63) is 0 Å². The standard InChI is InChI=1S/C10H22O4P/c1-7-9(3,4)13-15(11,12)14-10(5,6)8-2/h7-8H2,1-6H3. The molecular weight excluding hydrogens is 215 g/mol. The maximum atomic E-state index is 11.6. The predicted octanol–water partition coefficient (Wildman–Crippen LogP) is 3.94. The highest BCUT2D eigenvalue weighted by atomic mass is 31.2. The number of hydrogen-bond donors (Lipinski definition) is 0. The summed E-state index contributed by atoms with van der Waals surface area (Å²) in [6.45, 7) is 10.6. The summed E-state index contributed by atoms with van der Waals surface area (Å²) in [5.74, 6) is 0. The molecule has 0 heterocycles. The second-order valence-electron chi connectivity index (χ2n) is 4.86. The molecule has 0 unspecified atom stereocenters. The molecule has 0 aromatic rings. The van der Waals surface area contributed by atoms with Crippen LogP contribution in [0.15, 0.2) is 0 Å². The van der Waals surface area contributed by atoms with Crippen LogP contribution in [0, 0.1) is 0 Å². The van der Waals surface area contributed by atoms with Crippen LogP contribution in [0.2, 0.25) is 0 Å². The molecule has 0 atom stereocenters. The summed E-state index contributed by atoms with van der Waals surface area (Å²) in [5, 5.41) is 0. The van der Waals surface area contributed by atoms with Crippen molar-refractivity contribution in [2.45, 2.75) is 65.6 Å². The summed E-state index contributed by atoms with van der Waals surface area (Å²) in [6, 6.07) is 0. The fraction of sp³-hybridized carbons (Fsp3) is 1.00. The van der Waals surface area contributed by atoms with E-state index in [0.717, 1.165) is 0 Å². The van der Waals surface area contributed by atoms with E-state index in [2.05, 4.69) is 0 Å².